The van der Waals surface area contributed by atoms with Gasteiger partial charge in [0.05, 0.1) is 23.2 Å². The van der Waals surface area contributed by atoms with E-state index in [9.17, 15) is 22.0 Å². The molecule has 0 bridgehead atoms. The minimum atomic E-state index is -3.66. The van der Waals surface area contributed by atoms with Gasteiger partial charge >= 0.3 is 6.11 Å². The Kier molecular flexibility index (Phi) is 13.7. The first-order valence-electron chi connectivity index (χ1n) is 11.7. The molecule has 2 aliphatic carbocycles. The normalized spacial score (nSPS) is 24.9. The van der Waals surface area contributed by atoms with Crippen LogP contribution in [0.5, 0.6) is 0 Å². The van der Waals surface area contributed by atoms with E-state index in [2.05, 4.69) is 24.8 Å². The summed E-state index contributed by atoms with van der Waals surface area (Å²) in [4.78, 5) is 0. The van der Waals surface area contributed by atoms with Crippen molar-refractivity contribution in [2.45, 2.75) is 70.3 Å². The molecule has 1 nitrogen and oxygen atoms in total. The van der Waals surface area contributed by atoms with Gasteiger partial charge < -0.3 is 4.74 Å². The average Bonchev–Trinajstić information content (AvgIpc) is 2.83. The summed E-state index contributed by atoms with van der Waals surface area (Å²) in [5.41, 5.74) is -0.130. The van der Waals surface area contributed by atoms with Gasteiger partial charge in [-0.1, -0.05) is 56.7 Å². The first-order valence-corrected chi connectivity index (χ1v) is 12.0. The second kappa shape index (κ2) is 15.4. The van der Waals surface area contributed by atoms with Crippen molar-refractivity contribution >= 4 is 11.6 Å². The number of allylic oxidation sites excluding steroid dienone is 2. The largest absolute Gasteiger partial charge is 0.385 e. The minimum Gasteiger partial charge on any atom is -0.320 e. The number of ether oxygens (including phenoxy) is 1. The molecule has 34 heavy (non-hydrogen) atoms. The van der Waals surface area contributed by atoms with Crippen LogP contribution in [0, 0.1) is 23.6 Å². The zero-order valence-corrected chi connectivity index (χ0v) is 20.8. The third-order valence-corrected chi connectivity index (χ3v) is 7.21. The third-order valence-electron chi connectivity index (χ3n) is 6.83. The molecule has 0 atom stereocenters. The summed E-state index contributed by atoms with van der Waals surface area (Å²) in [6.45, 7) is 8.25. The molecule has 1 aromatic carbocycles. The van der Waals surface area contributed by atoms with E-state index in [4.69, 9.17) is 11.6 Å². The number of alkyl halides is 2. The van der Waals surface area contributed by atoms with Crippen molar-refractivity contribution in [1.29, 1.82) is 0 Å². The lowest BCUT2D eigenvalue weighted by Gasteiger charge is -2.37. The van der Waals surface area contributed by atoms with Gasteiger partial charge in [0.25, 0.3) is 0 Å². The molecule has 0 saturated heterocycles. The molecule has 0 unspecified atom stereocenters. The molecule has 1 aromatic rings. The van der Waals surface area contributed by atoms with Crippen molar-refractivity contribution < 1.29 is 26.7 Å². The van der Waals surface area contributed by atoms with Crippen molar-refractivity contribution in [1.82, 2.24) is 0 Å². The molecule has 0 aromatic heterocycles. The number of rotatable bonds is 5. The molecule has 0 N–H and O–H groups in total. The van der Waals surface area contributed by atoms with E-state index < -0.39 is 17.5 Å². The summed E-state index contributed by atoms with van der Waals surface area (Å²) in [5.74, 6) is 1.52. The first-order chi connectivity index (χ1) is 16.2. The standard InChI is InChI=1S/C21H28ClF3O.C4H5F.C2H3F/c1-13-3-5-14(6-4-13)15-7-9-16(10-8-15)17-11-12-18(20(23)19(17)22)21(24,25)26-2;1-2-3-4-5;1-2-3/h11-16H,3-10H2,1-2H3;2-4H,1H2;2H,1H2/b;4-3-;. The molecule has 2 fully saturated rings. The van der Waals surface area contributed by atoms with Crippen molar-refractivity contribution in [2.24, 2.45) is 17.8 Å². The predicted molar refractivity (Wildman–Crippen MR) is 130 cm³/mol. The molecule has 0 radical (unpaired) electrons. The van der Waals surface area contributed by atoms with Crippen LogP contribution in [0.3, 0.4) is 0 Å². The highest BCUT2D eigenvalue weighted by Crippen LogP contribution is 2.46. The second-order valence-electron chi connectivity index (χ2n) is 8.89. The summed E-state index contributed by atoms with van der Waals surface area (Å²) >= 11 is 6.13. The van der Waals surface area contributed by atoms with Gasteiger partial charge in [0.1, 0.15) is 0 Å². The summed E-state index contributed by atoms with van der Waals surface area (Å²) in [6, 6.07) is 2.68. The molecular formula is C27H36ClF5O. The summed E-state index contributed by atoms with van der Waals surface area (Å²) in [7, 11) is 0.856. The molecule has 7 heteroatoms. The van der Waals surface area contributed by atoms with Crippen molar-refractivity contribution in [3.05, 3.63) is 72.1 Å². The summed E-state index contributed by atoms with van der Waals surface area (Å²) in [5, 5.41) is -0.172. The minimum absolute atomic E-state index is 0.154. The Bertz CT molecular complexity index is 779. The maximum absolute atomic E-state index is 14.4. The summed E-state index contributed by atoms with van der Waals surface area (Å²) in [6.07, 6.45) is 9.09. The summed E-state index contributed by atoms with van der Waals surface area (Å²) < 4.78 is 66.6. The lowest BCUT2D eigenvalue weighted by atomic mass is 9.68. The van der Waals surface area contributed by atoms with Crippen molar-refractivity contribution in [3.8, 4) is 0 Å². The number of halogens is 6. The number of benzene rings is 1. The zero-order chi connectivity index (χ0) is 25.7. The van der Waals surface area contributed by atoms with Gasteiger partial charge in [0.2, 0.25) is 0 Å². The van der Waals surface area contributed by atoms with E-state index in [0.717, 1.165) is 56.6 Å². The van der Waals surface area contributed by atoms with Gasteiger partial charge in [-0.25, -0.2) is 13.2 Å². The molecule has 0 aliphatic heterocycles. The second-order valence-corrected chi connectivity index (χ2v) is 9.27. The number of hydrogen-bond acceptors (Lipinski definition) is 1. The maximum atomic E-state index is 14.4. The SMILES string of the molecule is C=C/C=C\F.C=CF.COC(F)(F)c1ccc(C2CCC(C3CCC(C)CC3)CC2)c(Cl)c1F. The Balaban J connectivity index is 0.000000629. The van der Waals surface area contributed by atoms with E-state index >= 15 is 0 Å². The fourth-order valence-electron chi connectivity index (χ4n) is 4.92. The molecule has 0 heterocycles. The molecule has 2 aliphatic rings. The van der Waals surface area contributed by atoms with E-state index in [1.807, 2.05) is 0 Å². The van der Waals surface area contributed by atoms with Gasteiger partial charge in [0, 0.05) is 7.11 Å². The van der Waals surface area contributed by atoms with Crippen LogP contribution in [-0.2, 0) is 10.8 Å². The van der Waals surface area contributed by atoms with E-state index in [0.29, 0.717) is 11.9 Å². The van der Waals surface area contributed by atoms with Crippen LogP contribution >= 0.6 is 11.6 Å². The van der Waals surface area contributed by atoms with Crippen LogP contribution in [0.4, 0.5) is 22.0 Å². The van der Waals surface area contributed by atoms with Crippen LogP contribution in [0.25, 0.3) is 0 Å². The van der Waals surface area contributed by atoms with Crippen molar-refractivity contribution in [2.75, 3.05) is 7.11 Å². The Hall–Kier alpha value is -1.66. The van der Waals surface area contributed by atoms with Crippen LogP contribution in [0.1, 0.15) is 75.3 Å². The molecule has 0 amide bonds. The van der Waals surface area contributed by atoms with Gasteiger partial charge in [-0.2, -0.15) is 8.78 Å². The molecule has 3 rings (SSSR count). The molecule has 192 valence electrons. The highest BCUT2D eigenvalue weighted by Gasteiger charge is 2.37. The van der Waals surface area contributed by atoms with Gasteiger partial charge in [-0.15, -0.1) is 0 Å². The highest BCUT2D eigenvalue weighted by molar-refractivity contribution is 6.31. The Morgan fingerprint density at radius 1 is 0.971 bits per heavy atom. The number of hydrogen-bond donors (Lipinski definition) is 0. The quantitative estimate of drug-likeness (QED) is 0.285. The van der Waals surface area contributed by atoms with Gasteiger partial charge in [-0.05, 0) is 79.9 Å². The first kappa shape index (κ1) is 30.4. The topological polar surface area (TPSA) is 9.23 Å². The van der Waals surface area contributed by atoms with Crippen LogP contribution in [0.15, 0.2) is 50.1 Å². The van der Waals surface area contributed by atoms with Crippen LogP contribution in [-0.4, -0.2) is 7.11 Å². The van der Waals surface area contributed by atoms with Crippen LogP contribution < -0.4 is 0 Å². The number of methoxy groups -OCH3 is 1. The Labute approximate surface area is 205 Å². The van der Waals surface area contributed by atoms with Crippen LogP contribution in [0.2, 0.25) is 5.02 Å². The predicted octanol–water partition coefficient (Wildman–Crippen LogP) is 10.0. The van der Waals surface area contributed by atoms with E-state index in [1.165, 1.54) is 37.8 Å². The van der Waals surface area contributed by atoms with E-state index in [-0.39, 0.29) is 17.3 Å². The van der Waals surface area contributed by atoms with Gasteiger partial charge in [0.15, 0.2) is 5.82 Å². The van der Waals surface area contributed by atoms with Gasteiger partial charge in [-0.3, -0.25) is 0 Å². The lowest BCUT2D eigenvalue weighted by Crippen LogP contribution is -2.25. The molecular weight excluding hydrogens is 471 g/mol. The molecule has 2 saturated carbocycles. The smallest absolute Gasteiger partial charge is 0.320 e. The maximum Gasteiger partial charge on any atom is 0.385 e. The lowest BCUT2D eigenvalue weighted by molar-refractivity contribution is -0.233. The zero-order valence-electron chi connectivity index (χ0n) is 20.0. The Morgan fingerprint density at radius 3 is 1.88 bits per heavy atom. The molecule has 0 spiro atoms. The fraction of sp³-hybridized carbons (Fsp3) is 0.556. The highest BCUT2D eigenvalue weighted by atomic mass is 35.5. The third kappa shape index (κ3) is 8.84. The average molecular weight is 507 g/mol. The fourth-order valence-corrected chi connectivity index (χ4v) is 5.24. The Morgan fingerprint density at radius 2 is 1.47 bits per heavy atom. The van der Waals surface area contributed by atoms with E-state index in [1.54, 1.807) is 6.07 Å². The van der Waals surface area contributed by atoms with Crippen molar-refractivity contribution in [3.63, 3.8) is 0 Å². The monoisotopic (exact) mass is 506 g/mol.